The third-order valence-corrected chi connectivity index (χ3v) is 7.15. The van der Waals surface area contributed by atoms with Crippen LogP contribution in [0.15, 0.2) is 36.7 Å². The highest BCUT2D eigenvalue weighted by atomic mass is 19.1. The summed E-state index contributed by atoms with van der Waals surface area (Å²) in [7, 11) is 0. The Hall–Kier alpha value is -4.04. The average molecular weight is 535 g/mol. The van der Waals surface area contributed by atoms with Gasteiger partial charge in [-0.3, -0.25) is 14.6 Å². The fraction of sp³-hybridized carbons (Fsp3) is 0.464. The molecular formula is C28H31FN6O4. The van der Waals surface area contributed by atoms with Crippen LogP contribution in [0.1, 0.15) is 61.9 Å². The van der Waals surface area contributed by atoms with Crippen molar-refractivity contribution in [2.75, 3.05) is 11.9 Å². The number of rotatable bonds is 10. The molecule has 5 rings (SSSR count). The number of nitrogens with one attached hydrogen (secondary N) is 2. The molecular weight excluding hydrogens is 503 g/mol. The second kappa shape index (κ2) is 10.6. The molecule has 2 saturated carbocycles. The first-order valence-corrected chi connectivity index (χ1v) is 13.1. The van der Waals surface area contributed by atoms with Gasteiger partial charge in [0.05, 0.1) is 52.1 Å². The van der Waals surface area contributed by atoms with E-state index < -0.39 is 17.7 Å². The molecule has 3 heterocycles. The SMILES string of the molecule is CC(C)(O)[C@H](F)CNC(=O)c1cnc(-c2ccc3cc(C#N)cnn23)cc1NC1CC(OC(=O)CC2CC2)C1. The van der Waals surface area contributed by atoms with Crippen molar-refractivity contribution in [1.82, 2.24) is 19.9 Å². The number of carbonyl (C=O) groups is 2. The predicted octanol–water partition coefficient (Wildman–Crippen LogP) is 3.39. The van der Waals surface area contributed by atoms with Gasteiger partial charge in [0.1, 0.15) is 18.3 Å². The van der Waals surface area contributed by atoms with Gasteiger partial charge in [-0.25, -0.2) is 8.91 Å². The Labute approximate surface area is 225 Å². The zero-order valence-corrected chi connectivity index (χ0v) is 21.9. The number of amides is 1. The lowest BCUT2D eigenvalue weighted by Gasteiger charge is -2.36. The minimum absolute atomic E-state index is 0.0313. The molecule has 11 heteroatoms. The van der Waals surface area contributed by atoms with Gasteiger partial charge in [-0.15, -0.1) is 0 Å². The summed E-state index contributed by atoms with van der Waals surface area (Å²) in [5.74, 6) is -0.229. The van der Waals surface area contributed by atoms with Gasteiger partial charge in [0.15, 0.2) is 0 Å². The van der Waals surface area contributed by atoms with Crippen LogP contribution < -0.4 is 10.6 Å². The number of aliphatic hydroxyl groups is 1. The number of carbonyl (C=O) groups excluding carboxylic acids is 2. The number of fused-ring (bicyclic) bond motifs is 1. The number of ether oxygens (including phenoxy) is 1. The largest absolute Gasteiger partial charge is 0.462 e. The van der Waals surface area contributed by atoms with Crippen molar-refractivity contribution in [1.29, 1.82) is 5.26 Å². The maximum Gasteiger partial charge on any atom is 0.306 e. The van der Waals surface area contributed by atoms with Crippen molar-refractivity contribution < 1.29 is 23.8 Å². The summed E-state index contributed by atoms with van der Waals surface area (Å²) in [6.07, 6.45) is 4.92. The summed E-state index contributed by atoms with van der Waals surface area (Å²) in [4.78, 5) is 29.5. The van der Waals surface area contributed by atoms with Crippen molar-refractivity contribution in [3.63, 3.8) is 0 Å². The van der Waals surface area contributed by atoms with Crippen LogP contribution in [0.5, 0.6) is 0 Å². The summed E-state index contributed by atoms with van der Waals surface area (Å²) in [5.41, 5.74) is 1.47. The van der Waals surface area contributed by atoms with Crippen LogP contribution in [0, 0.1) is 17.2 Å². The number of nitriles is 1. The van der Waals surface area contributed by atoms with Gasteiger partial charge < -0.3 is 20.5 Å². The molecule has 39 heavy (non-hydrogen) atoms. The van der Waals surface area contributed by atoms with Gasteiger partial charge in [0.2, 0.25) is 0 Å². The van der Waals surface area contributed by atoms with Crippen LogP contribution in [0.2, 0.25) is 0 Å². The zero-order valence-electron chi connectivity index (χ0n) is 21.9. The highest BCUT2D eigenvalue weighted by molar-refractivity contribution is 6.00. The molecule has 3 N–H and O–H groups in total. The highest BCUT2D eigenvalue weighted by Crippen LogP contribution is 2.35. The zero-order chi connectivity index (χ0) is 27.7. The van der Waals surface area contributed by atoms with E-state index in [1.807, 2.05) is 12.1 Å². The van der Waals surface area contributed by atoms with Crippen molar-refractivity contribution >= 4 is 23.1 Å². The van der Waals surface area contributed by atoms with Gasteiger partial charge in [-0.2, -0.15) is 10.4 Å². The maximum absolute atomic E-state index is 14.3. The molecule has 0 aliphatic heterocycles. The first-order valence-electron chi connectivity index (χ1n) is 13.1. The molecule has 3 aromatic rings. The van der Waals surface area contributed by atoms with Crippen molar-refractivity contribution in [3.05, 3.63) is 47.8 Å². The molecule has 1 atom stereocenters. The number of hydrogen-bond donors (Lipinski definition) is 3. The van der Waals surface area contributed by atoms with E-state index in [4.69, 9.17) is 10.00 Å². The van der Waals surface area contributed by atoms with Crippen molar-refractivity contribution in [2.24, 2.45) is 5.92 Å². The van der Waals surface area contributed by atoms with E-state index in [0.717, 1.165) is 18.4 Å². The number of nitrogens with zero attached hydrogens (tertiary/aromatic N) is 4. The number of alkyl halides is 1. The Morgan fingerprint density at radius 1 is 1.28 bits per heavy atom. The molecule has 0 radical (unpaired) electrons. The van der Waals surface area contributed by atoms with Crippen LogP contribution in [-0.4, -0.2) is 62.0 Å². The predicted molar refractivity (Wildman–Crippen MR) is 141 cm³/mol. The number of halogens is 1. The summed E-state index contributed by atoms with van der Waals surface area (Å²) >= 11 is 0. The molecule has 0 aromatic carbocycles. The first-order chi connectivity index (χ1) is 18.6. The highest BCUT2D eigenvalue weighted by Gasteiger charge is 2.35. The number of hydrogen-bond acceptors (Lipinski definition) is 8. The Kier molecular flexibility index (Phi) is 7.23. The maximum atomic E-state index is 14.3. The third-order valence-electron chi connectivity index (χ3n) is 7.15. The Bertz CT molecular complexity index is 1430. The molecule has 3 aromatic heterocycles. The summed E-state index contributed by atoms with van der Waals surface area (Å²) < 4.78 is 21.5. The number of esters is 1. The van der Waals surface area contributed by atoms with Crippen LogP contribution in [0.4, 0.5) is 10.1 Å². The quantitative estimate of drug-likeness (QED) is 0.336. The second-order valence-electron chi connectivity index (χ2n) is 10.9. The Morgan fingerprint density at radius 3 is 2.74 bits per heavy atom. The topological polar surface area (TPSA) is 142 Å². The summed E-state index contributed by atoms with van der Waals surface area (Å²) in [6.45, 7) is 2.32. The van der Waals surface area contributed by atoms with Gasteiger partial charge in [0.25, 0.3) is 5.91 Å². The van der Waals surface area contributed by atoms with E-state index in [1.54, 1.807) is 16.6 Å². The molecule has 2 fully saturated rings. The third kappa shape index (κ3) is 6.17. The van der Waals surface area contributed by atoms with Crippen LogP contribution >= 0.6 is 0 Å². The molecule has 0 spiro atoms. The van der Waals surface area contributed by atoms with Gasteiger partial charge in [0, 0.05) is 31.5 Å². The lowest BCUT2D eigenvalue weighted by Crippen LogP contribution is -2.43. The Balaban J connectivity index is 1.35. The normalized spacial score (nSPS) is 19.6. The molecule has 10 nitrogen and oxygen atoms in total. The van der Waals surface area contributed by atoms with E-state index in [9.17, 15) is 19.1 Å². The number of anilines is 1. The van der Waals surface area contributed by atoms with Crippen LogP contribution in [0.3, 0.4) is 0 Å². The minimum atomic E-state index is -1.65. The second-order valence-corrected chi connectivity index (χ2v) is 10.9. The molecule has 2 aliphatic carbocycles. The average Bonchev–Trinajstić information content (AvgIpc) is 3.59. The fourth-order valence-corrected chi connectivity index (χ4v) is 4.47. The summed E-state index contributed by atoms with van der Waals surface area (Å²) in [6, 6.07) is 9.13. The monoisotopic (exact) mass is 534 g/mol. The molecule has 0 unspecified atom stereocenters. The lowest BCUT2D eigenvalue weighted by atomic mass is 9.88. The molecule has 0 bridgehead atoms. The fourth-order valence-electron chi connectivity index (χ4n) is 4.47. The van der Waals surface area contributed by atoms with Crippen LogP contribution in [-0.2, 0) is 9.53 Å². The van der Waals surface area contributed by atoms with Gasteiger partial charge >= 0.3 is 5.97 Å². The van der Waals surface area contributed by atoms with Crippen LogP contribution in [0.25, 0.3) is 16.9 Å². The first kappa shape index (κ1) is 26.6. The standard InChI is InChI=1S/C28H31FN6O4/c1-28(2,38)25(29)15-32-27(37)21-14-31-23(24-6-5-19-7-17(12-30)13-33-35(19)24)11-22(21)34-18-9-20(10-18)39-26(36)8-16-3-4-16/h5-7,11,13-14,16,18,20,25,38H,3-4,8-10,15H2,1-2H3,(H,31,34)(H,32,37)/t18?,20?,25-/m1/s1. The van der Waals surface area contributed by atoms with E-state index in [1.165, 1.54) is 26.2 Å². The van der Waals surface area contributed by atoms with E-state index in [2.05, 4.69) is 26.8 Å². The minimum Gasteiger partial charge on any atom is -0.462 e. The number of aromatic nitrogens is 3. The van der Waals surface area contributed by atoms with E-state index in [0.29, 0.717) is 47.8 Å². The van der Waals surface area contributed by atoms with Crippen molar-refractivity contribution in [3.8, 4) is 17.5 Å². The molecule has 204 valence electrons. The smallest absolute Gasteiger partial charge is 0.306 e. The number of pyridine rings is 1. The molecule has 1 amide bonds. The van der Waals surface area contributed by atoms with Gasteiger partial charge in [-0.1, -0.05) is 0 Å². The van der Waals surface area contributed by atoms with E-state index in [-0.39, 0.29) is 30.2 Å². The van der Waals surface area contributed by atoms with E-state index >= 15 is 0 Å². The van der Waals surface area contributed by atoms with Crippen molar-refractivity contribution in [2.45, 2.75) is 69.9 Å². The lowest BCUT2D eigenvalue weighted by molar-refractivity contribution is -0.153. The summed E-state index contributed by atoms with van der Waals surface area (Å²) in [5, 5.41) is 29.3. The molecule has 2 aliphatic rings. The molecule has 0 saturated heterocycles. The Morgan fingerprint density at radius 2 is 2.05 bits per heavy atom. The van der Waals surface area contributed by atoms with Gasteiger partial charge in [-0.05, 0) is 56.9 Å².